The summed E-state index contributed by atoms with van der Waals surface area (Å²) in [5, 5.41) is 9.58. The molecular formula is C15H22O4S. The van der Waals surface area contributed by atoms with Gasteiger partial charge in [-0.2, -0.15) is 0 Å². The van der Waals surface area contributed by atoms with Gasteiger partial charge in [-0.3, -0.25) is 0 Å². The van der Waals surface area contributed by atoms with Crippen LogP contribution in [0, 0.1) is 0 Å². The van der Waals surface area contributed by atoms with Gasteiger partial charge >= 0.3 is 0 Å². The van der Waals surface area contributed by atoms with Crippen LogP contribution in [-0.2, 0) is 16.3 Å². The lowest BCUT2D eigenvalue weighted by Gasteiger charge is -2.22. The van der Waals surface area contributed by atoms with E-state index in [2.05, 4.69) is 0 Å². The van der Waals surface area contributed by atoms with Crippen LogP contribution >= 0.6 is 0 Å². The van der Waals surface area contributed by atoms with Crippen molar-refractivity contribution in [3.8, 4) is 5.75 Å². The SMILES string of the molecule is CC(C)S(=O)(=O)CCOc1ccc2c(c1)[C@H](O)CCC2. The quantitative estimate of drug-likeness (QED) is 0.905. The summed E-state index contributed by atoms with van der Waals surface area (Å²) in [5.41, 5.74) is 2.08. The molecule has 0 fully saturated rings. The minimum absolute atomic E-state index is 0.0182. The second-order valence-corrected chi connectivity index (χ2v) is 8.21. The van der Waals surface area contributed by atoms with Crippen LogP contribution in [0.25, 0.3) is 0 Å². The standard InChI is InChI=1S/C15H22O4S/c1-11(2)20(17,18)9-8-19-13-7-6-12-4-3-5-15(16)14(12)10-13/h6-7,10-11,15-16H,3-5,8-9H2,1-2H3/t15-/m1/s1. The van der Waals surface area contributed by atoms with Crippen LogP contribution in [0.3, 0.4) is 0 Å². The fourth-order valence-electron chi connectivity index (χ4n) is 2.35. The molecule has 1 aliphatic rings. The van der Waals surface area contributed by atoms with E-state index in [1.807, 2.05) is 18.2 Å². The lowest BCUT2D eigenvalue weighted by atomic mass is 9.89. The average molecular weight is 298 g/mol. The molecule has 0 aromatic heterocycles. The zero-order valence-corrected chi connectivity index (χ0v) is 12.8. The van der Waals surface area contributed by atoms with Crippen molar-refractivity contribution in [1.29, 1.82) is 0 Å². The zero-order valence-electron chi connectivity index (χ0n) is 12.0. The van der Waals surface area contributed by atoms with Crippen molar-refractivity contribution in [3.05, 3.63) is 29.3 Å². The molecule has 1 atom stereocenters. The highest BCUT2D eigenvalue weighted by Gasteiger charge is 2.19. The third kappa shape index (κ3) is 3.52. The molecule has 0 saturated heterocycles. The molecule has 0 saturated carbocycles. The Morgan fingerprint density at radius 1 is 1.40 bits per heavy atom. The maximum atomic E-state index is 11.7. The Morgan fingerprint density at radius 3 is 2.85 bits per heavy atom. The van der Waals surface area contributed by atoms with E-state index < -0.39 is 15.9 Å². The maximum absolute atomic E-state index is 11.7. The molecule has 1 N–H and O–H groups in total. The fraction of sp³-hybridized carbons (Fsp3) is 0.600. The number of fused-ring (bicyclic) bond motifs is 1. The second-order valence-electron chi connectivity index (χ2n) is 5.53. The number of aliphatic hydroxyl groups excluding tert-OH is 1. The van der Waals surface area contributed by atoms with Crippen LogP contribution in [0.4, 0.5) is 0 Å². The first-order valence-corrected chi connectivity index (χ1v) is 8.77. The predicted octanol–water partition coefficient (Wildman–Crippen LogP) is 2.26. The smallest absolute Gasteiger partial charge is 0.155 e. The van der Waals surface area contributed by atoms with Gasteiger partial charge < -0.3 is 9.84 Å². The number of aliphatic hydroxyl groups is 1. The maximum Gasteiger partial charge on any atom is 0.155 e. The highest BCUT2D eigenvalue weighted by Crippen LogP contribution is 2.32. The average Bonchev–Trinajstić information content (AvgIpc) is 2.39. The summed E-state index contributed by atoms with van der Waals surface area (Å²) in [5.74, 6) is 0.647. The van der Waals surface area contributed by atoms with Crippen molar-refractivity contribution in [1.82, 2.24) is 0 Å². The van der Waals surface area contributed by atoms with Gasteiger partial charge in [0, 0.05) is 0 Å². The molecule has 0 bridgehead atoms. The molecular weight excluding hydrogens is 276 g/mol. The third-order valence-corrected chi connectivity index (χ3v) is 5.93. The molecule has 0 spiro atoms. The summed E-state index contributed by atoms with van der Waals surface area (Å²) in [6.07, 6.45) is 2.33. The minimum Gasteiger partial charge on any atom is -0.493 e. The monoisotopic (exact) mass is 298 g/mol. The number of benzene rings is 1. The Hall–Kier alpha value is -1.07. The summed E-state index contributed by atoms with van der Waals surface area (Å²) in [4.78, 5) is 0. The van der Waals surface area contributed by atoms with Gasteiger partial charge in [0.2, 0.25) is 0 Å². The van der Waals surface area contributed by atoms with Crippen LogP contribution in [0.1, 0.15) is 43.9 Å². The molecule has 0 amide bonds. The minimum atomic E-state index is -3.07. The third-order valence-electron chi connectivity index (χ3n) is 3.75. The van der Waals surface area contributed by atoms with Gasteiger partial charge in [-0.05, 0) is 56.4 Å². The second kappa shape index (κ2) is 6.14. The van der Waals surface area contributed by atoms with E-state index in [1.54, 1.807) is 13.8 Å². The molecule has 1 aromatic rings. The molecule has 112 valence electrons. The molecule has 0 unspecified atom stereocenters. The van der Waals surface area contributed by atoms with Crippen molar-refractivity contribution in [2.45, 2.75) is 44.5 Å². The molecule has 1 aromatic carbocycles. The van der Waals surface area contributed by atoms with E-state index in [0.717, 1.165) is 30.4 Å². The molecule has 4 nitrogen and oxygen atoms in total. The molecule has 0 radical (unpaired) electrons. The van der Waals surface area contributed by atoms with Gasteiger partial charge in [0.15, 0.2) is 9.84 Å². The summed E-state index contributed by atoms with van der Waals surface area (Å²) in [6.45, 7) is 3.49. The molecule has 2 rings (SSSR count). The van der Waals surface area contributed by atoms with Gasteiger partial charge in [-0.1, -0.05) is 6.07 Å². The largest absolute Gasteiger partial charge is 0.493 e. The van der Waals surface area contributed by atoms with Crippen LogP contribution in [0.2, 0.25) is 0 Å². The molecule has 1 aliphatic carbocycles. The topological polar surface area (TPSA) is 63.6 Å². The number of aryl methyl sites for hydroxylation is 1. The van der Waals surface area contributed by atoms with Crippen molar-refractivity contribution >= 4 is 9.84 Å². The van der Waals surface area contributed by atoms with Gasteiger partial charge in [0.1, 0.15) is 12.4 Å². The van der Waals surface area contributed by atoms with E-state index in [4.69, 9.17) is 4.74 Å². The number of hydrogen-bond donors (Lipinski definition) is 1. The molecule has 5 heteroatoms. The predicted molar refractivity (Wildman–Crippen MR) is 78.8 cm³/mol. The van der Waals surface area contributed by atoms with E-state index in [-0.39, 0.29) is 17.6 Å². The molecule has 20 heavy (non-hydrogen) atoms. The summed E-state index contributed by atoms with van der Waals surface area (Å²) in [7, 11) is -3.07. The Morgan fingerprint density at radius 2 is 2.15 bits per heavy atom. The normalized spacial score (nSPS) is 18.9. The van der Waals surface area contributed by atoms with Crippen molar-refractivity contribution in [2.24, 2.45) is 0 Å². The van der Waals surface area contributed by atoms with Gasteiger partial charge in [-0.25, -0.2) is 8.42 Å². The van der Waals surface area contributed by atoms with E-state index in [9.17, 15) is 13.5 Å². The van der Waals surface area contributed by atoms with Gasteiger partial charge in [-0.15, -0.1) is 0 Å². The van der Waals surface area contributed by atoms with Gasteiger partial charge in [0.05, 0.1) is 17.1 Å². The Bertz CT molecular complexity index is 563. The van der Waals surface area contributed by atoms with E-state index in [1.165, 1.54) is 0 Å². The number of sulfone groups is 1. The van der Waals surface area contributed by atoms with E-state index in [0.29, 0.717) is 5.75 Å². The zero-order chi connectivity index (χ0) is 14.8. The van der Waals surface area contributed by atoms with Crippen molar-refractivity contribution in [3.63, 3.8) is 0 Å². The van der Waals surface area contributed by atoms with Crippen LogP contribution < -0.4 is 4.74 Å². The van der Waals surface area contributed by atoms with Crippen LogP contribution in [0.15, 0.2) is 18.2 Å². The summed E-state index contributed by atoms with van der Waals surface area (Å²) >= 11 is 0. The number of ether oxygens (including phenoxy) is 1. The Kier molecular flexibility index (Phi) is 4.70. The summed E-state index contributed by atoms with van der Waals surface area (Å²) < 4.78 is 28.9. The highest BCUT2D eigenvalue weighted by atomic mass is 32.2. The number of hydrogen-bond acceptors (Lipinski definition) is 4. The van der Waals surface area contributed by atoms with Crippen LogP contribution in [-0.4, -0.2) is 31.1 Å². The Balaban J connectivity index is 1.99. The van der Waals surface area contributed by atoms with Crippen molar-refractivity contribution < 1.29 is 18.3 Å². The van der Waals surface area contributed by atoms with Gasteiger partial charge in [0.25, 0.3) is 0 Å². The lowest BCUT2D eigenvalue weighted by Crippen LogP contribution is -2.22. The lowest BCUT2D eigenvalue weighted by molar-refractivity contribution is 0.156. The van der Waals surface area contributed by atoms with E-state index >= 15 is 0 Å². The Labute approximate surface area is 120 Å². The highest BCUT2D eigenvalue weighted by molar-refractivity contribution is 7.91. The first-order chi connectivity index (χ1) is 9.40. The first-order valence-electron chi connectivity index (χ1n) is 7.05. The fourth-order valence-corrected chi connectivity index (χ4v) is 3.14. The molecule has 0 aliphatic heterocycles. The summed E-state index contributed by atoms with van der Waals surface area (Å²) in [6, 6.07) is 5.64. The van der Waals surface area contributed by atoms with Crippen LogP contribution in [0.5, 0.6) is 5.75 Å². The number of rotatable bonds is 5. The first kappa shape index (κ1) is 15.3. The van der Waals surface area contributed by atoms with Crippen molar-refractivity contribution in [2.75, 3.05) is 12.4 Å². The molecule has 0 heterocycles.